The lowest BCUT2D eigenvalue weighted by Gasteiger charge is -2.23. The molecule has 1 amide bonds. The molecule has 1 atom stereocenters. The predicted octanol–water partition coefficient (Wildman–Crippen LogP) is 2.90. The Kier molecular flexibility index (Phi) is 4.39. The quantitative estimate of drug-likeness (QED) is 0.867. The maximum Gasteiger partial charge on any atom is 0.240 e. The average Bonchev–Trinajstić information content (AvgIpc) is 3.22. The van der Waals surface area contributed by atoms with E-state index in [-0.39, 0.29) is 17.7 Å². The fraction of sp³-hybridized carbons (Fsp3) is 0.421. The number of fused-ring (bicyclic) bond motifs is 1. The number of benzene rings is 1. The summed E-state index contributed by atoms with van der Waals surface area (Å²) in [5.74, 6) is 0.782. The van der Waals surface area contributed by atoms with Gasteiger partial charge < -0.3 is 20.1 Å². The van der Waals surface area contributed by atoms with Crippen molar-refractivity contribution in [2.24, 2.45) is 0 Å². The SMILES string of the molecule is Cc1ccc(-c2cc(O)c3c(c2)CN(C(=O)[C@H]2CCCN2)CCO3)s1. The van der Waals surface area contributed by atoms with Crippen LogP contribution in [0.3, 0.4) is 0 Å². The molecular formula is C19H22N2O3S. The number of hydrogen-bond acceptors (Lipinski definition) is 5. The van der Waals surface area contributed by atoms with Crippen molar-refractivity contribution in [1.82, 2.24) is 10.2 Å². The number of nitrogens with one attached hydrogen (secondary N) is 1. The monoisotopic (exact) mass is 358 g/mol. The second-order valence-corrected chi connectivity index (χ2v) is 7.94. The smallest absolute Gasteiger partial charge is 0.240 e. The third kappa shape index (κ3) is 3.24. The Morgan fingerprint density at radius 2 is 2.28 bits per heavy atom. The number of aryl methyl sites for hydroxylation is 1. The first-order valence-electron chi connectivity index (χ1n) is 8.69. The number of hydrogen-bond donors (Lipinski definition) is 2. The van der Waals surface area contributed by atoms with Crippen LogP contribution in [0.5, 0.6) is 11.5 Å². The van der Waals surface area contributed by atoms with Crippen LogP contribution in [0.2, 0.25) is 0 Å². The van der Waals surface area contributed by atoms with Gasteiger partial charge in [-0.1, -0.05) is 0 Å². The molecule has 0 saturated carbocycles. The predicted molar refractivity (Wildman–Crippen MR) is 98.1 cm³/mol. The van der Waals surface area contributed by atoms with Gasteiger partial charge in [0.15, 0.2) is 11.5 Å². The normalized spacial score (nSPS) is 20.0. The van der Waals surface area contributed by atoms with Crippen molar-refractivity contribution in [3.8, 4) is 21.9 Å². The first-order chi connectivity index (χ1) is 12.1. The zero-order valence-electron chi connectivity index (χ0n) is 14.2. The van der Waals surface area contributed by atoms with E-state index in [9.17, 15) is 9.90 Å². The molecular weight excluding hydrogens is 336 g/mol. The summed E-state index contributed by atoms with van der Waals surface area (Å²) in [4.78, 5) is 16.9. The summed E-state index contributed by atoms with van der Waals surface area (Å²) >= 11 is 1.69. The van der Waals surface area contributed by atoms with E-state index >= 15 is 0 Å². The number of ether oxygens (including phenoxy) is 1. The van der Waals surface area contributed by atoms with Crippen molar-refractivity contribution in [3.63, 3.8) is 0 Å². The lowest BCUT2D eigenvalue weighted by molar-refractivity contribution is -0.133. The van der Waals surface area contributed by atoms with Crippen LogP contribution in [0.15, 0.2) is 24.3 Å². The fourth-order valence-corrected chi connectivity index (χ4v) is 4.39. The van der Waals surface area contributed by atoms with Crippen molar-refractivity contribution in [1.29, 1.82) is 0 Å². The Labute approximate surface area is 151 Å². The van der Waals surface area contributed by atoms with Gasteiger partial charge in [-0.2, -0.15) is 0 Å². The van der Waals surface area contributed by atoms with E-state index in [1.165, 1.54) is 4.88 Å². The van der Waals surface area contributed by atoms with Crippen LogP contribution in [0, 0.1) is 6.92 Å². The topological polar surface area (TPSA) is 61.8 Å². The molecule has 0 unspecified atom stereocenters. The third-order valence-electron chi connectivity index (χ3n) is 4.81. The number of thiophene rings is 1. The summed E-state index contributed by atoms with van der Waals surface area (Å²) in [7, 11) is 0. The molecule has 0 bridgehead atoms. The molecule has 6 heteroatoms. The summed E-state index contributed by atoms with van der Waals surface area (Å²) in [6.07, 6.45) is 1.93. The van der Waals surface area contributed by atoms with Crippen LogP contribution < -0.4 is 10.1 Å². The number of amides is 1. The number of phenolic OH excluding ortho intramolecular Hbond substituents is 1. The lowest BCUT2D eigenvalue weighted by atomic mass is 10.1. The first-order valence-corrected chi connectivity index (χ1v) is 9.51. The van der Waals surface area contributed by atoms with E-state index in [1.807, 2.05) is 11.0 Å². The van der Waals surface area contributed by atoms with Gasteiger partial charge in [0.2, 0.25) is 5.91 Å². The highest BCUT2D eigenvalue weighted by Crippen LogP contribution is 2.39. The number of carbonyl (C=O) groups is 1. The zero-order valence-corrected chi connectivity index (χ0v) is 15.1. The Hall–Kier alpha value is -2.05. The Morgan fingerprint density at radius 3 is 3.00 bits per heavy atom. The Balaban J connectivity index is 1.65. The number of phenols is 1. The minimum absolute atomic E-state index is 0.0849. The van der Waals surface area contributed by atoms with Gasteiger partial charge in [0.05, 0.1) is 12.6 Å². The minimum atomic E-state index is -0.0849. The van der Waals surface area contributed by atoms with Gasteiger partial charge in [-0.05, 0) is 56.1 Å². The molecule has 2 aliphatic rings. The van der Waals surface area contributed by atoms with Crippen molar-refractivity contribution in [3.05, 3.63) is 34.7 Å². The largest absolute Gasteiger partial charge is 0.504 e. The second-order valence-electron chi connectivity index (χ2n) is 6.65. The number of nitrogens with zero attached hydrogens (tertiary/aromatic N) is 1. The lowest BCUT2D eigenvalue weighted by Crippen LogP contribution is -2.44. The molecule has 25 heavy (non-hydrogen) atoms. The molecule has 4 rings (SSSR count). The molecule has 1 aromatic heterocycles. The van der Waals surface area contributed by atoms with Gasteiger partial charge in [0.25, 0.3) is 0 Å². The van der Waals surface area contributed by atoms with Gasteiger partial charge in [-0.15, -0.1) is 11.3 Å². The number of carbonyl (C=O) groups excluding carboxylic acids is 1. The number of aromatic hydroxyl groups is 1. The molecule has 0 aliphatic carbocycles. The second kappa shape index (κ2) is 6.69. The molecule has 0 radical (unpaired) electrons. The van der Waals surface area contributed by atoms with E-state index in [4.69, 9.17) is 4.74 Å². The standard InChI is InChI=1S/C19H22N2O3S/c1-12-4-5-17(25-12)13-9-14-11-21(19(23)15-3-2-6-20-15)7-8-24-18(14)16(22)10-13/h4-5,9-10,15,20,22H,2-3,6-8,11H2,1H3/t15-/m1/s1. The molecule has 1 fully saturated rings. The van der Waals surface area contributed by atoms with Gasteiger partial charge >= 0.3 is 0 Å². The zero-order chi connectivity index (χ0) is 17.4. The molecule has 1 aromatic carbocycles. The number of rotatable bonds is 2. The molecule has 3 heterocycles. The highest BCUT2D eigenvalue weighted by atomic mass is 32.1. The van der Waals surface area contributed by atoms with E-state index < -0.39 is 0 Å². The van der Waals surface area contributed by atoms with Gasteiger partial charge in [0, 0.05) is 21.9 Å². The van der Waals surface area contributed by atoms with Crippen LogP contribution in [-0.4, -0.2) is 41.7 Å². The third-order valence-corrected chi connectivity index (χ3v) is 5.86. The summed E-state index contributed by atoms with van der Waals surface area (Å²) in [5.41, 5.74) is 1.83. The van der Waals surface area contributed by atoms with Gasteiger partial charge in [-0.3, -0.25) is 4.79 Å². The van der Waals surface area contributed by atoms with E-state index in [0.717, 1.165) is 35.4 Å². The molecule has 5 nitrogen and oxygen atoms in total. The summed E-state index contributed by atoms with van der Waals surface area (Å²) in [5, 5.41) is 13.7. The van der Waals surface area contributed by atoms with Crippen molar-refractivity contribution in [2.75, 3.05) is 19.7 Å². The minimum Gasteiger partial charge on any atom is -0.504 e. The van der Waals surface area contributed by atoms with Crippen molar-refractivity contribution >= 4 is 17.2 Å². The van der Waals surface area contributed by atoms with Crippen LogP contribution in [-0.2, 0) is 11.3 Å². The van der Waals surface area contributed by atoms with Crippen molar-refractivity contribution < 1.29 is 14.6 Å². The summed E-state index contributed by atoms with van der Waals surface area (Å²) in [6.45, 7) is 4.38. The highest BCUT2D eigenvalue weighted by Gasteiger charge is 2.29. The highest BCUT2D eigenvalue weighted by molar-refractivity contribution is 7.15. The molecule has 132 valence electrons. The fourth-order valence-electron chi connectivity index (χ4n) is 3.53. The van der Waals surface area contributed by atoms with E-state index in [1.54, 1.807) is 17.4 Å². The van der Waals surface area contributed by atoms with Gasteiger partial charge in [0.1, 0.15) is 6.61 Å². The molecule has 0 spiro atoms. The Morgan fingerprint density at radius 1 is 1.40 bits per heavy atom. The van der Waals surface area contributed by atoms with Gasteiger partial charge in [-0.25, -0.2) is 0 Å². The molecule has 1 saturated heterocycles. The molecule has 2 aliphatic heterocycles. The van der Waals surface area contributed by atoms with Crippen LogP contribution >= 0.6 is 11.3 Å². The van der Waals surface area contributed by atoms with Crippen LogP contribution in [0.1, 0.15) is 23.3 Å². The molecule has 2 N–H and O–H groups in total. The average molecular weight is 358 g/mol. The molecule has 2 aromatic rings. The van der Waals surface area contributed by atoms with Crippen LogP contribution in [0.4, 0.5) is 0 Å². The summed E-state index contributed by atoms with van der Waals surface area (Å²) in [6, 6.07) is 7.83. The van der Waals surface area contributed by atoms with Crippen molar-refractivity contribution in [2.45, 2.75) is 32.4 Å². The van der Waals surface area contributed by atoms with Crippen LogP contribution in [0.25, 0.3) is 10.4 Å². The first kappa shape index (κ1) is 16.4. The van der Waals surface area contributed by atoms with E-state index in [0.29, 0.717) is 25.4 Å². The maximum atomic E-state index is 12.8. The maximum absolute atomic E-state index is 12.8. The van der Waals surface area contributed by atoms with E-state index in [2.05, 4.69) is 24.4 Å². The summed E-state index contributed by atoms with van der Waals surface area (Å²) < 4.78 is 5.76. The Bertz CT molecular complexity index is 796.